The van der Waals surface area contributed by atoms with Gasteiger partial charge in [0.25, 0.3) is 40.5 Å². The summed E-state index contributed by atoms with van der Waals surface area (Å²) in [7, 11) is -19.0. The number of aromatic carboxylic acids is 1. The number of nitriles is 1. The number of azo groups is 3. The third kappa shape index (κ3) is 11.8. The maximum absolute atomic E-state index is 13.2. The van der Waals surface area contributed by atoms with Crippen molar-refractivity contribution in [1.82, 2.24) is 14.4 Å². The van der Waals surface area contributed by atoms with E-state index in [0.717, 1.165) is 29.5 Å². The molecule has 0 fully saturated rings. The van der Waals surface area contributed by atoms with Gasteiger partial charge in [0.2, 0.25) is 11.0 Å². The number of hydrogen-bond acceptors (Lipinski definition) is 23. The lowest BCUT2D eigenvalue weighted by Crippen LogP contribution is -2.28. The summed E-state index contributed by atoms with van der Waals surface area (Å²) in [5.41, 5.74) is -1.42. The van der Waals surface area contributed by atoms with Crippen molar-refractivity contribution in [1.29, 1.82) is 5.26 Å². The van der Waals surface area contributed by atoms with Crippen molar-refractivity contribution < 1.29 is 76.7 Å². The topological polar surface area (TPSA) is 436 Å². The highest BCUT2D eigenvalue weighted by Gasteiger charge is 2.29. The number of aromatic hydroxyl groups is 2. The number of carboxylic acid groups (broad SMARTS) is 1. The second-order valence-electron chi connectivity index (χ2n) is 16.4. The predicted molar refractivity (Wildman–Crippen MR) is 275 cm³/mol. The van der Waals surface area contributed by atoms with Crippen LogP contribution >= 0.6 is 11.3 Å². The fourth-order valence-electron chi connectivity index (χ4n) is 7.99. The second kappa shape index (κ2) is 21.1. The lowest BCUT2D eigenvalue weighted by atomic mass is 10.1. The first-order valence-corrected chi connectivity index (χ1v) is 28.7. The smallest absolute Gasteiger partial charge is 0.335 e. The van der Waals surface area contributed by atoms with Crippen molar-refractivity contribution in [2.45, 2.75) is 29.6 Å². The molecule has 0 atom stereocenters. The average Bonchev–Trinajstić information content (AvgIpc) is 3.99. The molecular formula is C44H37N11O17S5. The first-order chi connectivity index (χ1) is 36.2. The van der Waals surface area contributed by atoms with Crippen LogP contribution in [0.3, 0.4) is 0 Å². The quantitative estimate of drug-likeness (QED) is 0.0294. The first-order valence-electron chi connectivity index (χ1n) is 21.7. The highest BCUT2D eigenvalue weighted by atomic mass is 32.2. The minimum absolute atomic E-state index is 0.0235. The molecule has 0 spiro atoms. The Morgan fingerprint density at radius 3 is 2.01 bits per heavy atom. The minimum atomic E-state index is -5.56. The first kappa shape index (κ1) is 55.0. The van der Waals surface area contributed by atoms with Gasteiger partial charge in [-0.3, -0.25) is 22.6 Å². The number of phenolic OH excluding ortho intramolecular Hbond substituents is 1. The Labute approximate surface area is 438 Å². The Kier molecular flexibility index (Phi) is 15.1. The Hall–Kier alpha value is -8.20. The van der Waals surface area contributed by atoms with E-state index >= 15 is 0 Å². The number of imidazole rings is 1. The maximum Gasteiger partial charge on any atom is 0.335 e. The molecule has 0 aliphatic carbocycles. The van der Waals surface area contributed by atoms with Crippen LogP contribution in [0.25, 0.3) is 37.7 Å². The third-order valence-corrected chi connectivity index (χ3v) is 15.7. The highest BCUT2D eigenvalue weighted by molar-refractivity contribution is 7.86. The zero-order valence-corrected chi connectivity index (χ0v) is 43.4. The van der Waals surface area contributed by atoms with Crippen LogP contribution in [0.4, 0.5) is 39.3 Å². The molecule has 0 aliphatic heterocycles. The lowest BCUT2D eigenvalue weighted by molar-refractivity contribution is 0.0696. The Morgan fingerprint density at radius 1 is 0.740 bits per heavy atom. The van der Waals surface area contributed by atoms with Crippen molar-refractivity contribution in [3.8, 4) is 23.4 Å². The van der Waals surface area contributed by atoms with Gasteiger partial charge in [-0.15, -0.1) is 30.7 Å². The molecule has 0 bridgehead atoms. The van der Waals surface area contributed by atoms with Gasteiger partial charge < -0.3 is 25.0 Å². The van der Waals surface area contributed by atoms with Crippen molar-refractivity contribution >= 4 is 135 Å². The predicted octanol–water partition coefficient (Wildman–Crippen LogP) is 8.65. The molecule has 400 valence electrons. The number of rotatable bonds is 19. The molecule has 33 heteroatoms. The van der Waals surface area contributed by atoms with E-state index in [9.17, 15) is 77.3 Å². The van der Waals surface area contributed by atoms with E-state index in [2.05, 4.69) is 40.7 Å². The van der Waals surface area contributed by atoms with Crippen LogP contribution in [-0.2, 0) is 40.5 Å². The van der Waals surface area contributed by atoms with Crippen LogP contribution in [0.15, 0.2) is 113 Å². The van der Waals surface area contributed by atoms with Gasteiger partial charge in [-0.2, -0.15) is 38.9 Å². The minimum Gasteiger partial charge on any atom is -0.505 e. The summed E-state index contributed by atoms with van der Waals surface area (Å²) >= 11 is 0.968. The number of thiazole rings is 1. The summed E-state index contributed by atoms with van der Waals surface area (Å²) in [6.45, 7) is 0.799. The number of aromatic nitrogens is 3. The molecular weight excluding hydrogens is 1110 g/mol. The molecule has 0 aliphatic rings. The molecule has 7 N–H and O–H groups in total. The SMILES string of the molecule is COc1cc(N=Nc2c(S(=O)(=O)O)cc3c(S(=O)(=O)O)c(N=Nc4c(C)c(C#N)c5nc6ccccc6n5c4O)ccc3c2O)c(N(CCCS(=O)(=O)O)CCCS(=O)(=O)O)cc1N=Nc1nc2ccc(C(=O)O)cc2s1. The Morgan fingerprint density at radius 2 is 1.39 bits per heavy atom. The Balaban J connectivity index is 1.28. The van der Waals surface area contributed by atoms with Gasteiger partial charge in [-0.1, -0.05) is 23.5 Å². The standard InChI is InChI=1S/C44H37N11O17S5/c1-22-26(21-45)41-46-27-7-3-4-8-32(27)55(41)42(57)37(22)51-48-29-12-10-24-25(40(29)77(69,70)71)18-36(76(66,67)68)38(39(24)56)52-49-30-20-34(72-2)31(50-53-44-47-28-11-9-23(43(58)59)17-35(28)73-44)19-33(30)54(13-5-15-74(60,61)62)14-6-16-75(63,64)65/h3-4,7-12,17-20,56-57H,5-6,13-16H2,1-2H3,(H,58,59)(H,60,61,62)(H,63,64,65)(H,66,67,68)(H,69,70,71). The van der Waals surface area contributed by atoms with Gasteiger partial charge in [0.05, 0.1) is 51.1 Å². The third-order valence-electron chi connectivity index (χ3n) is 11.4. The average molecular weight is 1150 g/mol. The zero-order chi connectivity index (χ0) is 55.9. The molecule has 0 radical (unpaired) electrons. The number of pyridine rings is 1. The number of phenols is 1. The normalized spacial score (nSPS) is 12.8. The molecule has 0 amide bonds. The molecule has 3 heterocycles. The van der Waals surface area contributed by atoms with Gasteiger partial charge >= 0.3 is 5.97 Å². The molecule has 0 saturated carbocycles. The molecule has 8 aromatic rings. The van der Waals surface area contributed by atoms with Crippen molar-refractivity contribution in [3.05, 3.63) is 89.5 Å². The summed E-state index contributed by atoms with van der Waals surface area (Å²) in [4.78, 5) is 19.2. The molecule has 3 aromatic heterocycles. The summed E-state index contributed by atoms with van der Waals surface area (Å²) < 4.78 is 147. The van der Waals surface area contributed by atoms with Crippen LogP contribution in [-0.4, -0.2) is 119 Å². The van der Waals surface area contributed by atoms with Crippen molar-refractivity contribution in [2.75, 3.05) is 36.6 Å². The second-order valence-corrected chi connectivity index (χ2v) is 23.3. The van der Waals surface area contributed by atoms with Gasteiger partial charge in [0.1, 0.15) is 49.9 Å². The van der Waals surface area contributed by atoms with Crippen LogP contribution < -0.4 is 9.64 Å². The summed E-state index contributed by atoms with van der Waals surface area (Å²) in [6, 6.07) is 17.5. The van der Waals surface area contributed by atoms with Crippen molar-refractivity contribution in [3.63, 3.8) is 0 Å². The van der Waals surface area contributed by atoms with E-state index in [1.165, 1.54) is 47.6 Å². The number of methoxy groups -OCH3 is 1. The summed E-state index contributed by atoms with van der Waals surface area (Å²) in [5, 5.41) is 65.9. The number of anilines is 1. The number of fused-ring (bicyclic) bond motifs is 5. The van der Waals surface area contributed by atoms with Crippen molar-refractivity contribution in [2.24, 2.45) is 30.7 Å². The highest BCUT2D eigenvalue weighted by Crippen LogP contribution is 2.48. The van der Waals surface area contributed by atoms with E-state index in [-0.39, 0.29) is 81.9 Å². The number of hydrogen-bond donors (Lipinski definition) is 7. The van der Waals surface area contributed by atoms with Crippen LogP contribution in [0.5, 0.6) is 17.4 Å². The molecule has 5 aromatic carbocycles. The number of para-hydroxylation sites is 2. The zero-order valence-electron chi connectivity index (χ0n) is 39.3. The number of ether oxygens (including phenoxy) is 1. The van der Waals surface area contributed by atoms with E-state index in [1.807, 2.05) is 6.07 Å². The molecule has 28 nitrogen and oxygen atoms in total. The number of carbonyl (C=O) groups is 1. The van der Waals surface area contributed by atoms with Crippen LogP contribution in [0, 0.1) is 18.3 Å². The fourth-order valence-corrected chi connectivity index (χ4v) is 11.3. The lowest BCUT2D eigenvalue weighted by Gasteiger charge is -2.26. The molecule has 0 saturated heterocycles. The monoisotopic (exact) mass is 1150 g/mol. The van der Waals surface area contributed by atoms with E-state index < -0.39 is 102 Å². The number of nitrogens with zero attached hydrogens (tertiary/aromatic N) is 11. The fraction of sp³-hybridized carbons (Fsp3) is 0.182. The van der Waals surface area contributed by atoms with Gasteiger partial charge in [-0.05, 0) is 74.4 Å². The van der Waals surface area contributed by atoms with Gasteiger partial charge in [-0.25, -0.2) is 14.8 Å². The molecule has 0 unspecified atom stereocenters. The van der Waals surface area contributed by atoms with E-state index in [1.54, 1.807) is 24.3 Å². The Bertz CT molecular complexity index is 4350. The number of carboxylic acids is 1. The molecule has 8 rings (SSSR count). The van der Waals surface area contributed by atoms with E-state index in [0.29, 0.717) is 27.3 Å². The van der Waals surface area contributed by atoms with Crippen LogP contribution in [0.1, 0.15) is 34.3 Å². The summed E-state index contributed by atoms with van der Waals surface area (Å²) in [6.07, 6.45) is -0.633. The van der Waals surface area contributed by atoms with Gasteiger partial charge in [0.15, 0.2) is 17.1 Å². The van der Waals surface area contributed by atoms with Crippen LogP contribution in [0.2, 0.25) is 0 Å². The van der Waals surface area contributed by atoms with Gasteiger partial charge in [0, 0.05) is 35.5 Å². The maximum atomic E-state index is 13.2. The summed E-state index contributed by atoms with van der Waals surface area (Å²) in [5.74, 6) is -4.66. The molecule has 77 heavy (non-hydrogen) atoms. The van der Waals surface area contributed by atoms with E-state index in [4.69, 9.17) is 4.74 Å². The largest absolute Gasteiger partial charge is 0.505 e. The number of benzene rings is 5.